The molecule has 2 heteroatoms. The molecule has 2 N–H and O–H groups in total. The average Bonchev–Trinajstić information content (AvgIpc) is 2.12. The van der Waals surface area contributed by atoms with Crippen LogP contribution in [0.15, 0.2) is 0 Å². The van der Waals surface area contributed by atoms with Crippen molar-refractivity contribution in [1.82, 2.24) is 0 Å². The molecule has 12 heavy (non-hydrogen) atoms. The highest BCUT2D eigenvalue weighted by atomic mass is 16.3. The van der Waals surface area contributed by atoms with E-state index < -0.39 is 11.7 Å². The van der Waals surface area contributed by atoms with E-state index in [0.717, 1.165) is 32.1 Å². The Hall–Kier alpha value is -0.0800. The van der Waals surface area contributed by atoms with Gasteiger partial charge >= 0.3 is 0 Å². The maximum atomic E-state index is 10.1. The lowest BCUT2D eigenvalue weighted by atomic mass is 9.76. The van der Waals surface area contributed by atoms with Crippen LogP contribution in [0.25, 0.3) is 0 Å². The topological polar surface area (TPSA) is 40.5 Å². The van der Waals surface area contributed by atoms with Crippen molar-refractivity contribution >= 4 is 0 Å². The summed E-state index contributed by atoms with van der Waals surface area (Å²) in [4.78, 5) is 0. The lowest BCUT2D eigenvalue weighted by Gasteiger charge is -2.37. The lowest BCUT2D eigenvalue weighted by Crippen LogP contribution is -2.44. The van der Waals surface area contributed by atoms with Gasteiger partial charge in [0.05, 0.1) is 11.7 Å². The van der Waals surface area contributed by atoms with Gasteiger partial charge in [-0.1, -0.05) is 25.7 Å². The molecule has 0 aromatic rings. The Balaban J connectivity index is 2.14. The van der Waals surface area contributed by atoms with Crippen molar-refractivity contribution in [3.8, 4) is 0 Å². The van der Waals surface area contributed by atoms with E-state index in [1.54, 1.807) is 0 Å². The lowest BCUT2D eigenvalue weighted by molar-refractivity contribution is -0.102. The number of hydrogen-bond acceptors (Lipinski definition) is 2. The summed E-state index contributed by atoms with van der Waals surface area (Å²) in [6.45, 7) is 0. The van der Waals surface area contributed by atoms with Crippen molar-refractivity contribution in [1.29, 1.82) is 0 Å². The minimum atomic E-state index is -0.723. The smallest absolute Gasteiger partial charge is 0.0908 e. The van der Waals surface area contributed by atoms with Gasteiger partial charge in [0.2, 0.25) is 0 Å². The van der Waals surface area contributed by atoms with Gasteiger partial charge in [-0.15, -0.1) is 0 Å². The number of rotatable bonds is 0. The molecule has 0 radical (unpaired) electrons. The largest absolute Gasteiger partial charge is 0.390 e. The van der Waals surface area contributed by atoms with Crippen molar-refractivity contribution < 1.29 is 10.2 Å². The highest BCUT2D eigenvalue weighted by Crippen LogP contribution is 2.41. The molecule has 0 heterocycles. The van der Waals surface area contributed by atoms with Crippen LogP contribution < -0.4 is 0 Å². The third-order valence-electron chi connectivity index (χ3n) is 3.57. The van der Waals surface area contributed by atoms with Crippen LogP contribution in [0, 0.1) is 5.92 Å². The Morgan fingerprint density at radius 1 is 1.08 bits per heavy atom. The van der Waals surface area contributed by atoms with E-state index in [0.29, 0.717) is 5.92 Å². The predicted molar refractivity (Wildman–Crippen MR) is 46.8 cm³/mol. The van der Waals surface area contributed by atoms with E-state index in [9.17, 15) is 10.2 Å². The first-order chi connectivity index (χ1) is 5.71. The molecular weight excluding hydrogens is 152 g/mol. The summed E-state index contributed by atoms with van der Waals surface area (Å²) in [7, 11) is 0. The van der Waals surface area contributed by atoms with Crippen LogP contribution in [-0.4, -0.2) is 21.9 Å². The van der Waals surface area contributed by atoms with E-state index in [-0.39, 0.29) is 0 Å². The molecular formula is C10H18O2. The number of aliphatic hydroxyl groups is 2. The first-order valence-electron chi connectivity index (χ1n) is 5.11. The SMILES string of the molecule is O[C@H]1CCC[C@H]2CCC[C@]1(O)C2. The molecule has 2 rings (SSSR count). The van der Waals surface area contributed by atoms with Crippen molar-refractivity contribution in [3.63, 3.8) is 0 Å². The van der Waals surface area contributed by atoms with Gasteiger partial charge in [0, 0.05) is 0 Å². The molecule has 2 nitrogen and oxygen atoms in total. The standard InChI is InChI=1S/C10H18O2/c11-9-5-1-3-8-4-2-6-10(9,12)7-8/h8-9,11-12H,1-7H2/t8-,9-,10-/m0/s1. The van der Waals surface area contributed by atoms with Crippen molar-refractivity contribution in [2.45, 2.75) is 56.7 Å². The Bertz CT molecular complexity index is 169. The fourth-order valence-electron chi connectivity index (χ4n) is 2.82. The summed E-state index contributed by atoms with van der Waals surface area (Å²) < 4.78 is 0. The fourth-order valence-corrected chi connectivity index (χ4v) is 2.82. The molecule has 3 atom stereocenters. The van der Waals surface area contributed by atoms with Crippen LogP contribution in [-0.2, 0) is 0 Å². The van der Waals surface area contributed by atoms with Crippen molar-refractivity contribution in [3.05, 3.63) is 0 Å². The van der Waals surface area contributed by atoms with Gasteiger partial charge in [-0.2, -0.15) is 0 Å². The van der Waals surface area contributed by atoms with Crippen LogP contribution in [0.4, 0.5) is 0 Å². The van der Waals surface area contributed by atoms with Crippen molar-refractivity contribution in [2.75, 3.05) is 0 Å². The highest BCUT2D eigenvalue weighted by Gasteiger charge is 2.41. The summed E-state index contributed by atoms with van der Waals surface area (Å²) >= 11 is 0. The van der Waals surface area contributed by atoms with Gasteiger partial charge in [0.15, 0.2) is 0 Å². The predicted octanol–water partition coefficient (Wildman–Crippen LogP) is 1.45. The highest BCUT2D eigenvalue weighted by molar-refractivity contribution is 4.94. The van der Waals surface area contributed by atoms with Gasteiger partial charge in [0.25, 0.3) is 0 Å². The molecule has 0 amide bonds. The molecule has 0 saturated heterocycles. The minimum Gasteiger partial charge on any atom is -0.390 e. The summed E-state index contributed by atoms with van der Waals surface area (Å²) in [5.41, 5.74) is -0.723. The van der Waals surface area contributed by atoms with Gasteiger partial charge < -0.3 is 10.2 Å². The summed E-state index contributed by atoms with van der Waals surface area (Å²) in [5.74, 6) is 0.681. The van der Waals surface area contributed by atoms with Gasteiger partial charge in [-0.05, 0) is 25.2 Å². The third kappa shape index (κ3) is 1.38. The van der Waals surface area contributed by atoms with E-state index in [2.05, 4.69) is 0 Å². The number of hydrogen-bond donors (Lipinski definition) is 2. The molecule has 0 aromatic carbocycles. The Kier molecular flexibility index (Phi) is 2.13. The molecule has 2 bridgehead atoms. The molecule has 2 aliphatic rings. The molecule has 0 aliphatic heterocycles. The van der Waals surface area contributed by atoms with Crippen LogP contribution >= 0.6 is 0 Å². The normalized spacial score (nSPS) is 48.5. The Morgan fingerprint density at radius 2 is 1.83 bits per heavy atom. The first-order valence-corrected chi connectivity index (χ1v) is 5.11. The van der Waals surface area contributed by atoms with E-state index >= 15 is 0 Å². The Labute approximate surface area is 73.6 Å². The summed E-state index contributed by atoms with van der Waals surface area (Å²) in [5, 5.41) is 19.8. The third-order valence-corrected chi connectivity index (χ3v) is 3.57. The van der Waals surface area contributed by atoms with Crippen LogP contribution in [0.2, 0.25) is 0 Å². The molecule has 70 valence electrons. The average molecular weight is 170 g/mol. The molecule has 2 saturated carbocycles. The zero-order valence-electron chi connectivity index (χ0n) is 7.50. The molecule has 0 spiro atoms. The first kappa shape index (κ1) is 8.52. The van der Waals surface area contributed by atoms with Crippen LogP contribution in [0.3, 0.4) is 0 Å². The maximum absolute atomic E-state index is 10.1. The number of fused-ring (bicyclic) bond motifs is 2. The monoisotopic (exact) mass is 170 g/mol. The van der Waals surface area contributed by atoms with Gasteiger partial charge in [0.1, 0.15) is 0 Å². The molecule has 2 fully saturated rings. The zero-order valence-corrected chi connectivity index (χ0v) is 7.50. The Morgan fingerprint density at radius 3 is 2.67 bits per heavy atom. The van der Waals surface area contributed by atoms with Crippen LogP contribution in [0.1, 0.15) is 44.9 Å². The van der Waals surface area contributed by atoms with Gasteiger partial charge in [-0.25, -0.2) is 0 Å². The molecule has 2 aliphatic carbocycles. The van der Waals surface area contributed by atoms with Crippen molar-refractivity contribution in [2.24, 2.45) is 5.92 Å². The van der Waals surface area contributed by atoms with E-state index in [1.165, 1.54) is 12.8 Å². The van der Waals surface area contributed by atoms with E-state index in [1.807, 2.05) is 0 Å². The minimum absolute atomic E-state index is 0.456. The van der Waals surface area contributed by atoms with Crippen LogP contribution in [0.5, 0.6) is 0 Å². The summed E-state index contributed by atoms with van der Waals surface area (Å²) in [6, 6.07) is 0. The quantitative estimate of drug-likeness (QED) is 0.577. The van der Waals surface area contributed by atoms with Gasteiger partial charge in [-0.3, -0.25) is 0 Å². The number of aliphatic hydroxyl groups excluding tert-OH is 1. The molecule has 0 aromatic heterocycles. The molecule has 0 unspecified atom stereocenters. The second-order valence-corrected chi connectivity index (χ2v) is 4.51. The zero-order chi connectivity index (χ0) is 8.60. The van der Waals surface area contributed by atoms with E-state index in [4.69, 9.17) is 0 Å². The second-order valence-electron chi connectivity index (χ2n) is 4.51. The fraction of sp³-hybridized carbons (Fsp3) is 1.00. The maximum Gasteiger partial charge on any atom is 0.0908 e. The second kappa shape index (κ2) is 3.00. The summed E-state index contributed by atoms with van der Waals surface area (Å²) in [6.07, 6.45) is 6.65.